The van der Waals surface area contributed by atoms with Gasteiger partial charge in [-0.05, 0) is 25.1 Å². The van der Waals surface area contributed by atoms with Crippen molar-refractivity contribution in [3.05, 3.63) is 70.9 Å². The van der Waals surface area contributed by atoms with E-state index in [1.165, 1.54) is 18.3 Å². The molecule has 0 saturated carbocycles. The fourth-order valence-corrected chi connectivity index (χ4v) is 4.16. The lowest BCUT2D eigenvalue weighted by Crippen LogP contribution is -2.18. The summed E-state index contributed by atoms with van der Waals surface area (Å²) in [6.07, 6.45) is 0. The number of nitrogens with one attached hydrogen (secondary N) is 2. The Kier molecular flexibility index (Phi) is 5.64. The van der Waals surface area contributed by atoms with E-state index in [0.717, 1.165) is 5.56 Å². The highest BCUT2D eigenvalue weighted by atomic mass is 32.1. The molecule has 2 N–H and O–H groups in total. The summed E-state index contributed by atoms with van der Waals surface area (Å²) in [4.78, 5) is 33.3. The van der Waals surface area contributed by atoms with E-state index in [4.69, 9.17) is 8.94 Å². The Labute approximate surface area is 197 Å². The summed E-state index contributed by atoms with van der Waals surface area (Å²) in [6.45, 7) is 3.51. The minimum atomic E-state index is -0.345. The lowest BCUT2D eigenvalue weighted by atomic mass is 10.1. The lowest BCUT2D eigenvalue weighted by molar-refractivity contribution is -0.119. The van der Waals surface area contributed by atoms with E-state index in [0.29, 0.717) is 56.9 Å². The molecule has 9 nitrogen and oxygen atoms in total. The van der Waals surface area contributed by atoms with Crippen molar-refractivity contribution < 1.29 is 18.5 Å². The molecule has 0 unspecified atom stereocenters. The van der Waals surface area contributed by atoms with Crippen LogP contribution in [0.4, 0.5) is 5.13 Å². The third-order valence-corrected chi connectivity index (χ3v) is 5.84. The SMILES string of the molecule is CC(=O)NCc1ccc(-c2csc(NC(=O)c3cc(-c4ccccc4)nc4onc(C)c34)n2)o1. The highest BCUT2D eigenvalue weighted by Crippen LogP contribution is 2.30. The number of furan rings is 1. The molecule has 170 valence electrons. The molecule has 4 aromatic heterocycles. The maximum atomic E-state index is 13.3. The molecule has 1 aromatic carbocycles. The lowest BCUT2D eigenvalue weighted by Gasteiger charge is -2.06. The smallest absolute Gasteiger partial charge is 0.259 e. The molecule has 2 amide bonds. The Morgan fingerprint density at radius 1 is 1.06 bits per heavy atom. The van der Waals surface area contributed by atoms with E-state index >= 15 is 0 Å². The number of anilines is 1. The van der Waals surface area contributed by atoms with Crippen LogP contribution in [0.15, 0.2) is 62.9 Å². The van der Waals surface area contributed by atoms with Crippen molar-refractivity contribution in [2.24, 2.45) is 0 Å². The van der Waals surface area contributed by atoms with Crippen LogP contribution in [-0.4, -0.2) is 26.9 Å². The number of nitrogens with zero attached hydrogens (tertiary/aromatic N) is 3. The standard InChI is InChI=1S/C24H19N5O4S/c1-13-21-17(10-18(26-23(21)33-29-13)15-6-4-3-5-7-15)22(31)28-24-27-19(12-34-24)20-9-8-16(32-20)11-25-14(2)30/h3-10,12H,11H2,1-2H3,(H,25,30)(H,27,28,31). The first-order valence-corrected chi connectivity index (χ1v) is 11.3. The quantitative estimate of drug-likeness (QED) is 0.363. The number of carbonyl (C=O) groups excluding carboxylic acids is 2. The van der Waals surface area contributed by atoms with Crippen LogP contribution in [0.3, 0.4) is 0 Å². The number of amides is 2. The van der Waals surface area contributed by atoms with E-state index in [-0.39, 0.29) is 11.8 Å². The highest BCUT2D eigenvalue weighted by Gasteiger charge is 2.20. The van der Waals surface area contributed by atoms with E-state index in [2.05, 4.69) is 25.8 Å². The van der Waals surface area contributed by atoms with E-state index < -0.39 is 0 Å². The number of pyridine rings is 1. The zero-order valence-corrected chi connectivity index (χ0v) is 19.1. The van der Waals surface area contributed by atoms with Gasteiger partial charge in [0.05, 0.1) is 28.9 Å². The summed E-state index contributed by atoms with van der Waals surface area (Å²) in [7, 11) is 0. The molecule has 0 saturated heterocycles. The molecule has 0 aliphatic carbocycles. The van der Waals surface area contributed by atoms with Gasteiger partial charge < -0.3 is 14.3 Å². The van der Waals surface area contributed by atoms with Crippen LogP contribution in [0.25, 0.3) is 33.8 Å². The second-order valence-corrected chi connectivity index (χ2v) is 8.40. The average Bonchev–Trinajstić information content (AvgIpc) is 3.58. The maximum Gasteiger partial charge on any atom is 0.259 e. The van der Waals surface area contributed by atoms with Crippen LogP contribution >= 0.6 is 11.3 Å². The summed E-state index contributed by atoms with van der Waals surface area (Å²) in [5, 5.41) is 12.3. The molecule has 0 spiro atoms. The largest absolute Gasteiger partial charge is 0.458 e. The second kappa shape index (κ2) is 8.91. The Bertz CT molecular complexity index is 1500. The van der Waals surface area contributed by atoms with Gasteiger partial charge in [0.1, 0.15) is 11.5 Å². The number of hydrogen-bond acceptors (Lipinski definition) is 8. The van der Waals surface area contributed by atoms with Crippen LogP contribution in [0.2, 0.25) is 0 Å². The van der Waals surface area contributed by atoms with Gasteiger partial charge in [-0.15, -0.1) is 11.3 Å². The summed E-state index contributed by atoms with van der Waals surface area (Å²) in [5.41, 5.74) is 3.32. The van der Waals surface area contributed by atoms with Crippen LogP contribution in [-0.2, 0) is 11.3 Å². The predicted molar refractivity (Wildman–Crippen MR) is 127 cm³/mol. The van der Waals surface area contributed by atoms with Crippen molar-refractivity contribution in [1.82, 2.24) is 20.4 Å². The van der Waals surface area contributed by atoms with Crippen LogP contribution in [0.1, 0.15) is 28.7 Å². The Balaban J connectivity index is 1.41. The normalized spacial score (nSPS) is 11.0. The number of rotatable bonds is 6. The van der Waals surface area contributed by atoms with E-state index in [1.54, 1.807) is 30.5 Å². The highest BCUT2D eigenvalue weighted by molar-refractivity contribution is 7.14. The number of hydrogen-bond donors (Lipinski definition) is 2. The minimum Gasteiger partial charge on any atom is -0.458 e. The number of carbonyl (C=O) groups is 2. The number of benzene rings is 1. The van der Waals surface area contributed by atoms with Gasteiger partial charge in [-0.3, -0.25) is 14.9 Å². The molecule has 0 aliphatic heterocycles. The fraction of sp³-hybridized carbons (Fsp3) is 0.125. The van der Waals surface area contributed by atoms with Crippen molar-refractivity contribution in [1.29, 1.82) is 0 Å². The zero-order chi connectivity index (χ0) is 23.7. The van der Waals surface area contributed by atoms with Gasteiger partial charge >= 0.3 is 0 Å². The number of thiazole rings is 1. The fourth-order valence-electron chi connectivity index (χ4n) is 3.46. The third-order valence-electron chi connectivity index (χ3n) is 5.08. The van der Waals surface area contributed by atoms with E-state index in [9.17, 15) is 9.59 Å². The first-order valence-electron chi connectivity index (χ1n) is 10.4. The molecule has 5 aromatic rings. The second-order valence-electron chi connectivity index (χ2n) is 7.54. The number of fused-ring (bicyclic) bond motifs is 1. The van der Waals surface area contributed by atoms with Gasteiger partial charge in [0.2, 0.25) is 5.91 Å². The Morgan fingerprint density at radius 3 is 2.68 bits per heavy atom. The number of aromatic nitrogens is 3. The molecule has 0 fully saturated rings. The monoisotopic (exact) mass is 473 g/mol. The van der Waals surface area contributed by atoms with Crippen molar-refractivity contribution in [3.63, 3.8) is 0 Å². The first-order chi connectivity index (χ1) is 16.5. The molecular formula is C24H19N5O4S. The van der Waals surface area contributed by atoms with Gasteiger partial charge in [0.15, 0.2) is 10.9 Å². The van der Waals surface area contributed by atoms with Gasteiger partial charge in [-0.25, -0.2) is 9.97 Å². The molecular weight excluding hydrogens is 454 g/mol. The number of aryl methyl sites for hydroxylation is 1. The van der Waals surface area contributed by atoms with Crippen molar-refractivity contribution in [2.45, 2.75) is 20.4 Å². The maximum absolute atomic E-state index is 13.3. The average molecular weight is 474 g/mol. The summed E-state index contributed by atoms with van der Waals surface area (Å²) >= 11 is 1.28. The van der Waals surface area contributed by atoms with Crippen LogP contribution in [0, 0.1) is 6.92 Å². The van der Waals surface area contributed by atoms with Gasteiger partial charge in [-0.1, -0.05) is 35.5 Å². The zero-order valence-electron chi connectivity index (χ0n) is 18.3. The summed E-state index contributed by atoms with van der Waals surface area (Å²) < 4.78 is 11.1. The molecule has 34 heavy (non-hydrogen) atoms. The summed E-state index contributed by atoms with van der Waals surface area (Å²) in [6, 6.07) is 14.8. The molecule has 0 bridgehead atoms. The molecule has 5 rings (SSSR count). The predicted octanol–water partition coefficient (Wildman–Crippen LogP) is 4.80. The Hall–Kier alpha value is -4.31. The van der Waals surface area contributed by atoms with Crippen molar-refractivity contribution in [2.75, 3.05) is 5.32 Å². The van der Waals surface area contributed by atoms with Gasteiger partial charge in [0.25, 0.3) is 11.6 Å². The van der Waals surface area contributed by atoms with Crippen molar-refractivity contribution in [3.8, 4) is 22.7 Å². The van der Waals surface area contributed by atoms with Crippen LogP contribution in [0.5, 0.6) is 0 Å². The summed E-state index contributed by atoms with van der Waals surface area (Å²) in [5.74, 6) is 0.673. The van der Waals surface area contributed by atoms with Gasteiger partial charge in [0, 0.05) is 17.9 Å². The van der Waals surface area contributed by atoms with Crippen molar-refractivity contribution >= 4 is 39.4 Å². The van der Waals surface area contributed by atoms with Crippen LogP contribution < -0.4 is 10.6 Å². The first kappa shape index (κ1) is 21.5. The molecule has 10 heteroatoms. The molecule has 0 radical (unpaired) electrons. The molecule has 0 aliphatic rings. The molecule has 0 atom stereocenters. The topological polar surface area (TPSA) is 123 Å². The minimum absolute atomic E-state index is 0.139. The van der Waals surface area contributed by atoms with E-state index in [1.807, 2.05) is 30.3 Å². The van der Waals surface area contributed by atoms with Gasteiger partial charge in [-0.2, -0.15) is 0 Å². The molecule has 4 heterocycles. The Morgan fingerprint density at radius 2 is 1.88 bits per heavy atom. The third kappa shape index (κ3) is 4.30.